The van der Waals surface area contributed by atoms with Crippen LogP contribution in [0, 0.1) is 20.8 Å². The quantitative estimate of drug-likeness (QED) is 0.272. The van der Waals surface area contributed by atoms with E-state index in [-0.39, 0.29) is 0 Å². The van der Waals surface area contributed by atoms with Gasteiger partial charge in [-0.3, -0.25) is 0 Å². The van der Waals surface area contributed by atoms with Crippen molar-refractivity contribution in [2.45, 2.75) is 20.8 Å². The van der Waals surface area contributed by atoms with Gasteiger partial charge in [-0.25, -0.2) is 4.98 Å². The van der Waals surface area contributed by atoms with Gasteiger partial charge >= 0.3 is 0 Å². The van der Waals surface area contributed by atoms with E-state index in [1.54, 1.807) is 0 Å². The Hall–Kier alpha value is -4.17. The summed E-state index contributed by atoms with van der Waals surface area (Å²) in [7, 11) is 0. The molecule has 0 aliphatic heterocycles. The second-order valence-corrected chi connectivity index (χ2v) is 8.84. The molecule has 4 aromatic carbocycles. The number of aromatic nitrogens is 1. The standard InChI is InChI=1S/C32H28N2/c1-23-9-15-28(16-10-23)34(29-17-11-24(2)12-18-29)32(22-26-7-5-4-6-8-26)31-20-14-27-21-25(3)13-19-30(27)33-31/h4-22H,1-3H3. The first kappa shape index (κ1) is 21.7. The number of aryl methyl sites for hydroxylation is 3. The van der Waals surface area contributed by atoms with Crippen molar-refractivity contribution >= 4 is 34.1 Å². The van der Waals surface area contributed by atoms with Crippen LogP contribution in [0.25, 0.3) is 22.7 Å². The average molecular weight is 441 g/mol. The Kier molecular flexibility index (Phi) is 5.97. The zero-order valence-corrected chi connectivity index (χ0v) is 19.9. The molecule has 0 amide bonds. The number of benzene rings is 4. The Morgan fingerprint density at radius 1 is 0.618 bits per heavy atom. The molecule has 0 radical (unpaired) electrons. The predicted molar refractivity (Wildman–Crippen MR) is 145 cm³/mol. The summed E-state index contributed by atoms with van der Waals surface area (Å²) >= 11 is 0. The number of nitrogens with zero attached hydrogens (tertiary/aromatic N) is 2. The summed E-state index contributed by atoms with van der Waals surface area (Å²) in [5, 5.41) is 1.15. The molecule has 2 nitrogen and oxygen atoms in total. The van der Waals surface area contributed by atoms with Gasteiger partial charge in [-0.05, 0) is 74.9 Å². The Balaban J connectivity index is 1.75. The maximum absolute atomic E-state index is 5.11. The molecule has 0 saturated heterocycles. The van der Waals surface area contributed by atoms with Crippen LogP contribution in [0.2, 0.25) is 0 Å². The van der Waals surface area contributed by atoms with Crippen LogP contribution < -0.4 is 4.90 Å². The van der Waals surface area contributed by atoms with E-state index < -0.39 is 0 Å². The minimum Gasteiger partial charge on any atom is -0.308 e. The van der Waals surface area contributed by atoms with Gasteiger partial charge in [-0.15, -0.1) is 0 Å². The van der Waals surface area contributed by atoms with E-state index in [2.05, 4.69) is 135 Å². The Morgan fingerprint density at radius 2 is 1.21 bits per heavy atom. The lowest BCUT2D eigenvalue weighted by Crippen LogP contribution is -2.16. The molecule has 0 aliphatic rings. The number of anilines is 2. The minimum atomic E-state index is 0.932. The first-order valence-corrected chi connectivity index (χ1v) is 11.6. The van der Waals surface area contributed by atoms with Crippen LogP contribution in [0.5, 0.6) is 0 Å². The van der Waals surface area contributed by atoms with Gasteiger partial charge in [-0.1, -0.05) is 83.4 Å². The van der Waals surface area contributed by atoms with E-state index in [1.165, 1.54) is 16.7 Å². The SMILES string of the molecule is Cc1ccc(N(C(=Cc2ccccc2)c2ccc3cc(C)ccc3n2)c2ccc(C)cc2)cc1. The van der Waals surface area contributed by atoms with Crippen LogP contribution >= 0.6 is 0 Å². The van der Waals surface area contributed by atoms with Gasteiger partial charge in [0.1, 0.15) is 0 Å². The molecule has 0 saturated carbocycles. The summed E-state index contributed by atoms with van der Waals surface area (Å²) in [6.45, 7) is 6.35. The minimum absolute atomic E-state index is 0.932. The van der Waals surface area contributed by atoms with E-state index in [9.17, 15) is 0 Å². The van der Waals surface area contributed by atoms with Crippen molar-refractivity contribution in [2.75, 3.05) is 4.90 Å². The van der Waals surface area contributed by atoms with Crippen molar-refractivity contribution in [3.8, 4) is 0 Å². The molecule has 0 atom stereocenters. The van der Waals surface area contributed by atoms with E-state index in [4.69, 9.17) is 4.98 Å². The molecule has 5 aromatic rings. The van der Waals surface area contributed by atoms with E-state index in [0.29, 0.717) is 0 Å². The van der Waals surface area contributed by atoms with Gasteiger partial charge in [-0.2, -0.15) is 0 Å². The third-order valence-corrected chi connectivity index (χ3v) is 6.04. The van der Waals surface area contributed by atoms with Gasteiger partial charge in [0, 0.05) is 16.8 Å². The van der Waals surface area contributed by atoms with Crippen molar-refractivity contribution in [3.63, 3.8) is 0 Å². The van der Waals surface area contributed by atoms with Crippen molar-refractivity contribution in [1.82, 2.24) is 4.98 Å². The Morgan fingerprint density at radius 3 is 1.82 bits per heavy atom. The van der Waals surface area contributed by atoms with E-state index in [1.807, 2.05) is 6.07 Å². The van der Waals surface area contributed by atoms with Crippen LogP contribution in [-0.4, -0.2) is 4.98 Å². The van der Waals surface area contributed by atoms with Crippen LogP contribution in [0.1, 0.15) is 27.9 Å². The molecule has 166 valence electrons. The molecule has 0 fully saturated rings. The molecule has 0 aliphatic carbocycles. The molecule has 1 aromatic heterocycles. The van der Waals surface area contributed by atoms with Crippen molar-refractivity contribution < 1.29 is 0 Å². The fourth-order valence-electron chi connectivity index (χ4n) is 4.16. The van der Waals surface area contributed by atoms with Crippen LogP contribution in [-0.2, 0) is 0 Å². The number of pyridine rings is 1. The topological polar surface area (TPSA) is 16.1 Å². The van der Waals surface area contributed by atoms with Gasteiger partial charge in [0.25, 0.3) is 0 Å². The van der Waals surface area contributed by atoms with Gasteiger partial charge in [0.15, 0.2) is 0 Å². The van der Waals surface area contributed by atoms with Crippen molar-refractivity contribution in [1.29, 1.82) is 0 Å². The Labute approximate surface area is 201 Å². The van der Waals surface area contributed by atoms with Crippen molar-refractivity contribution in [2.24, 2.45) is 0 Å². The maximum atomic E-state index is 5.11. The normalized spacial score (nSPS) is 11.6. The summed E-state index contributed by atoms with van der Waals surface area (Å²) in [5.41, 5.74) is 10.00. The first-order valence-electron chi connectivity index (χ1n) is 11.6. The zero-order valence-electron chi connectivity index (χ0n) is 19.9. The Bertz CT molecular complexity index is 1400. The average Bonchev–Trinajstić information content (AvgIpc) is 2.86. The molecule has 0 spiro atoms. The molecular formula is C32H28N2. The summed E-state index contributed by atoms with van der Waals surface area (Å²) in [6, 6.07) is 38.5. The number of hydrogen-bond donors (Lipinski definition) is 0. The summed E-state index contributed by atoms with van der Waals surface area (Å²) < 4.78 is 0. The number of hydrogen-bond acceptors (Lipinski definition) is 2. The largest absolute Gasteiger partial charge is 0.308 e. The molecule has 0 unspecified atom stereocenters. The summed E-state index contributed by atoms with van der Waals surface area (Å²) in [4.78, 5) is 7.41. The summed E-state index contributed by atoms with van der Waals surface area (Å²) in [6.07, 6.45) is 2.22. The lowest BCUT2D eigenvalue weighted by atomic mass is 10.1. The van der Waals surface area contributed by atoms with Crippen LogP contribution in [0.3, 0.4) is 0 Å². The van der Waals surface area contributed by atoms with Crippen LogP contribution in [0.4, 0.5) is 11.4 Å². The molecule has 2 heteroatoms. The fraction of sp³-hybridized carbons (Fsp3) is 0.0938. The lowest BCUT2D eigenvalue weighted by molar-refractivity contribution is 1.23. The van der Waals surface area contributed by atoms with E-state index >= 15 is 0 Å². The predicted octanol–water partition coefficient (Wildman–Crippen LogP) is 8.50. The molecule has 5 rings (SSSR count). The molecule has 1 heterocycles. The second-order valence-electron chi connectivity index (χ2n) is 8.84. The highest BCUT2D eigenvalue weighted by Crippen LogP contribution is 2.36. The summed E-state index contributed by atoms with van der Waals surface area (Å²) in [5.74, 6) is 0. The first-order chi connectivity index (χ1) is 16.6. The van der Waals surface area contributed by atoms with Crippen molar-refractivity contribution in [3.05, 3.63) is 137 Å². The van der Waals surface area contributed by atoms with Gasteiger partial charge < -0.3 is 4.90 Å². The maximum Gasteiger partial charge on any atom is 0.0878 e. The second kappa shape index (κ2) is 9.36. The molecule has 34 heavy (non-hydrogen) atoms. The smallest absolute Gasteiger partial charge is 0.0878 e. The highest BCUT2D eigenvalue weighted by Gasteiger charge is 2.18. The monoisotopic (exact) mass is 440 g/mol. The van der Waals surface area contributed by atoms with Crippen LogP contribution in [0.15, 0.2) is 109 Å². The fourth-order valence-corrected chi connectivity index (χ4v) is 4.16. The highest BCUT2D eigenvalue weighted by molar-refractivity contribution is 5.96. The highest BCUT2D eigenvalue weighted by atomic mass is 15.2. The molecular weight excluding hydrogens is 412 g/mol. The van der Waals surface area contributed by atoms with E-state index in [0.717, 1.165) is 39.2 Å². The number of rotatable bonds is 5. The zero-order chi connectivity index (χ0) is 23.5. The number of fused-ring (bicyclic) bond motifs is 1. The third kappa shape index (κ3) is 4.62. The van der Waals surface area contributed by atoms with Gasteiger partial charge in [0.2, 0.25) is 0 Å². The molecule has 0 N–H and O–H groups in total. The third-order valence-electron chi connectivity index (χ3n) is 6.04. The van der Waals surface area contributed by atoms with Gasteiger partial charge in [0.05, 0.1) is 16.9 Å². The molecule has 0 bridgehead atoms. The lowest BCUT2D eigenvalue weighted by Gasteiger charge is -2.28.